The number of rotatable bonds is 2. The summed E-state index contributed by atoms with van der Waals surface area (Å²) < 4.78 is 25.1. The van der Waals surface area contributed by atoms with Crippen molar-refractivity contribution in [3.05, 3.63) is 35.4 Å². The number of benzene rings is 1. The molecule has 4 heteroatoms. The molecule has 0 aliphatic carbocycles. The molecule has 0 heterocycles. The molecule has 0 saturated heterocycles. The summed E-state index contributed by atoms with van der Waals surface area (Å²) in [5.74, 6) is -1.42. The van der Waals surface area contributed by atoms with Gasteiger partial charge in [-0.1, -0.05) is 0 Å². The van der Waals surface area contributed by atoms with Crippen LogP contribution in [0.15, 0.2) is 18.2 Å². The lowest BCUT2D eigenvalue weighted by molar-refractivity contribution is 0.186. The van der Waals surface area contributed by atoms with Gasteiger partial charge in [-0.05, 0) is 17.7 Å². The van der Waals surface area contributed by atoms with E-state index in [0.717, 1.165) is 18.2 Å². The number of hydrogen-bond donors (Lipinski definition) is 2. The van der Waals surface area contributed by atoms with Crippen molar-refractivity contribution in [2.45, 2.75) is 6.10 Å². The van der Waals surface area contributed by atoms with E-state index in [1.54, 1.807) is 0 Å². The first-order valence-electron chi connectivity index (χ1n) is 3.47. The standard InChI is InChI=1S/C8H9F2NO/c9-6-1-5(8(12)4-11)2-7(10)3-6/h1-3,8,12H,4,11H2/t8-/m0/s1. The number of halogens is 2. The van der Waals surface area contributed by atoms with Crippen molar-refractivity contribution >= 4 is 0 Å². The summed E-state index contributed by atoms with van der Waals surface area (Å²) in [5.41, 5.74) is 5.27. The van der Waals surface area contributed by atoms with Gasteiger partial charge in [-0.15, -0.1) is 0 Å². The van der Waals surface area contributed by atoms with Crippen LogP contribution in [0.4, 0.5) is 8.78 Å². The molecule has 0 aliphatic rings. The van der Waals surface area contributed by atoms with Gasteiger partial charge in [0.1, 0.15) is 11.6 Å². The third-order valence-electron chi connectivity index (χ3n) is 1.49. The molecule has 0 amide bonds. The lowest BCUT2D eigenvalue weighted by atomic mass is 10.1. The van der Waals surface area contributed by atoms with E-state index in [-0.39, 0.29) is 12.1 Å². The second-order valence-corrected chi connectivity index (χ2v) is 2.45. The van der Waals surface area contributed by atoms with E-state index in [0.29, 0.717) is 0 Å². The molecule has 0 radical (unpaired) electrons. The Bertz CT molecular complexity index is 258. The molecule has 66 valence electrons. The average molecular weight is 173 g/mol. The highest BCUT2D eigenvalue weighted by Crippen LogP contribution is 2.14. The second kappa shape index (κ2) is 3.60. The van der Waals surface area contributed by atoms with E-state index in [1.807, 2.05) is 0 Å². The number of aliphatic hydroxyl groups excluding tert-OH is 1. The fourth-order valence-electron chi connectivity index (χ4n) is 0.904. The lowest BCUT2D eigenvalue weighted by Crippen LogP contribution is -2.11. The highest BCUT2D eigenvalue weighted by atomic mass is 19.1. The van der Waals surface area contributed by atoms with Crippen LogP contribution < -0.4 is 5.73 Å². The van der Waals surface area contributed by atoms with Gasteiger partial charge in [-0.2, -0.15) is 0 Å². The Hall–Kier alpha value is -1.00. The van der Waals surface area contributed by atoms with Crippen molar-refractivity contribution in [3.8, 4) is 0 Å². The molecular weight excluding hydrogens is 164 g/mol. The Labute approximate surface area is 68.6 Å². The third kappa shape index (κ3) is 1.99. The van der Waals surface area contributed by atoms with Crippen LogP contribution in [0.2, 0.25) is 0 Å². The predicted octanol–water partition coefficient (Wildman–Crippen LogP) is 0.957. The van der Waals surface area contributed by atoms with Crippen LogP contribution in [0.25, 0.3) is 0 Å². The molecule has 0 unspecified atom stereocenters. The molecule has 1 aromatic rings. The molecule has 0 fully saturated rings. The molecule has 3 N–H and O–H groups in total. The van der Waals surface area contributed by atoms with Gasteiger partial charge >= 0.3 is 0 Å². The zero-order chi connectivity index (χ0) is 9.14. The van der Waals surface area contributed by atoms with Gasteiger partial charge in [0, 0.05) is 12.6 Å². The fraction of sp³-hybridized carbons (Fsp3) is 0.250. The van der Waals surface area contributed by atoms with Gasteiger partial charge in [0.25, 0.3) is 0 Å². The van der Waals surface area contributed by atoms with Crippen LogP contribution in [-0.2, 0) is 0 Å². The normalized spacial score (nSPS) is 13.0. The first-order valence-corrected chi connectivity index (χ1v) is 3.47. The van der Waals surface area contributed by atoms with Crippen molar-refractivity contribution in [2.75, 3.05) is 6.54 Å². The van der Waals surface area contributed by atoms with E-state index in [9.17, 15) is 8.78 Å². The van der Waals surface area contributed by atoms with E-state index >= 15 is 0 Å². The van der Waals surface area contributed by atoms with Gasteiger partial charge in [0.15, 0.2) is 0 Å². The molecule has 2 nitrogen and oxygen atoms in total. The van der Waals surface area contributed by atoms with Gasteiger partial charge in [0.05, 0.1) is 6.10 Å². The van der Waals surface area contributed by atoms with Crippen molar-refractivity contribution in [1.29, 1.82) is 0 Å². The van der Waals surface area contributed by atoms with Crippen molar-refractivity contribution in [2.24, 2.45) is 5.73 Å². The first kappa shape index (κ1) is 9.09. The van der Waals surface area contributed by atoms with Gasteiger partial charge < -0.3 is 10.8 Å². The molecular formula is C8H9F2NO. The zero-order valence-electron chi connectivity index (χ0n) is 6.30. The van der Waals surface area contributed by atoms with E-state index < -0.39 is 17.7 Å². The molecule has 1 atom stereocenters. The molecule has 1 aromatic carbocycles. The Morgan fingerprint density at radius 3 is 2.17 bits per heavy atom. The summed E-state index contributed by atoms with van der Waals surface area (Å²) >= 11 is 0. The van der Waals surface area contributed by atoms with Gasteiger partial charge in [0.2, 0.25) is 0 Å². The summed E-state index contributed by atoms with van der Waals surface area (Å²) in [5, 5.41) is 9.12. The number of hydrogen-bond acceptors (Lipinski definition) is 2. The highest BCUT2D eigenvalue weighted by molar-refractivity contribution is 5.20. The molecule has 0 spiro atoms. The van der Waals surface area contributed by atoms with E-state index in [1.165, 1.54) is 0 Å². The van der Waals surface area contributed by atoms with Crippen LogP contribution in [0, 0.1) is 11.6 Å². The molecule has 0 bridgehead atoms. The van der Waals surface area contributed by atoms with Crippen molar-refractivity contribution < 1.29 is 13.9 Å². The largest absolute Gasteiger partial charge is 0.387 e. The quantitative estimate of drug-likeness (QED) is 0.699. The summed E-state index contributed by atoms with van der Waals surface area (Å²) in [6.45, 7) is -0.0527. The number of nitrogens with two attached hydrogens (primary N) is 1. The van der Waals surface area contributed by atoms with Crippen molar-refractivity contribution in [3.63, 3.8) is 0 Å². The van der Waals surface area contributed by atoms with Gasteiger partial charge in [-0.25, -0.2) is 8.78 Å². The van der Waals surface area contributed by atoms with Crippen molar-refractivity contribution in [1.82, 2.24) is 0 Å². The number of aliphatic hydroxyl groups is 1. The Kier molecular flexibility index (Phi) is 2.73. The van der Waals surface area contributed by atoms with Crippen LogP contribution in [0.3, 0.4) is 0 Å². The van der Waals surface area contributed by atoms with Crippen LogP contribution in [-0.4, -0.2) is 11.7 Å². The first-order chi connectivity index (χ1) is 5.63. The minimum Gasteiger partial charge on any atom is -0.387 e. The topological polar surface area (TPSA) is 46.2 Å². The maximum atomic E-state index is 12.5. The second-order valence-electron chi connectivity index (χ2n) is 2.45. The molecule has 0 aliphatic heterocycles. The van der Waals surface area contributed by atoms with E-state index in [2.05, 4.69) is 0 Å². The monoisotopic (exact) mass is 173 g/mol. The SMILES string of the molecule is NC[C@H](O)c1cc(F)cc(F)c1. The maximum Gasteiger partial charge on any atom is 0.126 e. The van der Waals surface area contributed by atoms with Crippen LogP contribution >= 0.6 is 0 Å². The van der Waals surface area contributed by atoms with Crippen LogP contribution in [0.1, 0.15) is 11.7 Å². The smallest absolute Gasteiger partial charge is 0.126 e. The molecule has 0 aromatic heterocycles. The third-order valence-corrected chi connectivity index (χ3v) is 1.49. The molecule has 12 heavy (non-hydrogen) atoms. The minimum absolute atomic E-state index is 0.0527. The summed E-state index contributed by atoms with van der Waals surface area (Å²) in [6, 6.07) is 2.86. The minimum atomic E-state index is -1.00. The summed E-state index contributed by atoms with van der Waals surface area (Å²) in [4.78, 5) is 0. The predicted molar refractivity (Wildman–Crippen MR) is 40.4 cm³/mol. The Morgan fingerprint density at radius 1 is 1.25 bits per heavy atom. The molecule has 1 rings (SSSR count). The maximum absolute atomic E-state index is 12.5. The lowest BCUT2D eigenvalue weighted by Gasteiger charge is -2.07. The van der Waals surface area contributed by atoms with Gasteiger partial charge in [-0.3, -0.25) is 0 Å². The van der Waals surface area contributed by atoms with Crippen LogP contribution in [0.5, 0.6) is 0 Å². The average Bonchev–Trinajstić information content (AvgIpc) is 2.01. The highest BCUT2D eigenvalue weighted by Gasteiger charge is 2.07. The summed E-state index contributed by atoms with van der Waals surface area (Å²) in [6.07, 6.45) is -1.00. The zero-order valence-corrected chi connectivity index (χ0v) is 6.30. The Morgan fingerprint density at radius 2 is 1.75 bits per heavy atom. The van der Waals surface area contributed by atoms with E-state index in [4.69, 9.17) is 10.8 Å². The fourth-order valence-corrected chi connectivity index (χ4v) is 0.904. The Balaban J connectivity index is 3.00. The molecule has 0 saturated carbocycles. The summed E-state index contributed by atoms with van der Waals surface area (Å²) in [7, 11) is 0.